The molecule has 0 aliphatic rings. The van der Waals surface area contributed by atoms with Gasteiger partial charge in [-0.15, -0.1) is 10.2 Å². The summed E-state index contributed by atoms with van der Waals surface area (Å²) < 4.78 is 41.5. The number of halogens is 3. The summed E-state index contributed by atoms with van der Waals surface area (Å²) in [6.45, 7) is 5.23. The van der Waals surface area contributed by atoms with Gasteiger partial charge in [0.2, 0.25) is 5.91 Å². The number of benzene rings is 2. The minimum absolute atomic E-state index is 0.0971. The summed E-state index contributed by atoms with van der Waals surface area (Å²) in [5, 5.41) is 8.99. The van der Waals surface area contributed by atoms with Crippen molar-refractivity contribution in [2.24, 2.45) is 0 Å². The van der Waals surface area contributed by atoms with Crippen molar-refractivity contribution in [2.75, 3.05) is 18.8 Å². The number of nitrogens with zero attached hydrogens (tertiary/aromatic N) is 4. The van der Waals surface area contributed by atoms with Crippen molar-refractivity contribution in [2.45, 2.75) is 38.0 Å². The second-order valence-electron chi connectivity index (χ2n) is 7.07. The van der Waals surface area contributed by atoms with E-state index in [1.165, 1.54) is 17.8 Å². The molecule has 1 heterocycles. The molecule has 0 aliphatic carbocycles. The van der Waals surface area contributed by atoms with Gasteiger partial charge in [-0.25, -0.2) is 0 Å². The van der Waals surface area contributed by atoms with Crippen LogP contribution in [0.2, 0.25) is 0 Å². The molecule has 0 bridgehead atoms. The van der Waals surface area contributed by atoms with E-state index in [0.717, 1.165) is 17.7 Å². The molecule has 9 heteroatoms. The Morgan fingerprint density at radius 3 is 2.41 bits per heavy atom. The van der Waals surface area contributed by atoms with E-state index >= 15 is 0 Å². The quantitative estimate of drug-likeness (QED) is 0.303. The number of carbonyl (C=O) groups excluding carboxylic acids is 1. The third kappa shape index (κ3) is 5.70. The predicted octanol–water partition coefficient (Wildman–Crippen LogP) is 5.69. The number of carbonyl (C=O) groups is 1. The smallest absolute Gasteiger partial charge is 0.343 e. The first-order valence-corrected chi connectivity index (χ1v) is 11.4. The molecule has 0 N–H and O–H groups in total. The minimum atomic E-state index is -4.45. The van der Waals surface area contributed by atoms with Gasteiger partial charge in [-0.05, 0) is 38.5 Å². The van der Waals surface area contributed by atoms with E-state index < -0.39 is 11.7 Å². The van der Waals surface area contributed by atoms with Crippen molar-refractivity contribution in [3.63, 3.8) is 0 Å². The van der Waals surface area contributed by atoms with Crippen LogP contribution < -0.4 is 0 Å². The highest BCUT2D eigenvalue weighted by Gasteiger charge is 2.31. The molecule has 32 heavy (non-hydrogen) atoms. The fourth-order valence-corrected chi connectivity index (χ4v) is 4.20. The van der Waals surface area contributed by atoms with Crippen LogP contribution in [-0.4, -0.2) is 44.4 Å². The molecule has 0 unspecified atom stereocenters. The minimum Gasteiger partial charge on any atom is -0.343 e. The normalized spacial score (nSPS) is 11.5. The predicted molar refractivity (Wildman–Crippen MR) is 120 cm³/mol. The molecule has 3 aromatic rings. The monoisotopic (exact) mass is 462 g/mol. The summed E-state index contributed by atoms with van der Waals surface area (Å²) in [6, 6.07) is 14.3. The van der Waals surface area contributed by atoms with Gasteiger partial charge < -0.3 is 4.90 Å². The van der Waals surface area contributed by atoms with Crippen LogP contribution in [0, 0.1) is 0 Å². The highest BCUT2D eigenvalue weighted by atomic mass is 32.2. The molecule has 0 fully saturated rings. The number of thioether (sulfide) groups is 1. The number of alkyl halides is 3. The summed E-state index contributed by atoms with van der Waals surface area (Å²) in [5.41, 5.74) is 0.356. The Kier molecular flexibility index (Phi) is 7.95. The SMILES string of the molecule is CCN(CC)C(=O)CCCSc1nnc(-c2ccccc2)n1-c1cccc(C(F)(F)F)c1. The average Bonchev–Trinajstić information content (AvgIpc) is 3.21. The van der Waals surface area contributed by atoms with E-state index in [2.05, 4.69) is 10.2 Å². The van der Waals surface area contributed by atoms with E-state index in [0.29, 0.717) is 48.4 Å². The molecule has 0 spiro atoms. The zero-order chi connectivity index (χ0) is 23.1. The lowest BCUT2D eigenvalue weighted by Gasteiger charge is -2.18. The Morgan fingerprint density at radius 1 is 1.03 bits per heavy atom. The topological polar surface area (TPSA) is 51.0 Å². The van der Waals surface area contributed by atoms with Gasteiger partial charge in [0.1, 0.15) is 0 Å². The van der Waals surface area contributed by atoms with Crippen molar-refractivity contribution in [1.29, 1.82) is 0 Å². The lowest BCUT2D eigenvalue weighted by atomic mass is 10.1. The Bertz CT molecular complexity index is 1030. The van der Waals surface area contributed by atoms with Crippen LogP contribution in [0.4, 0.5) is 13.2 Å². The zero-order valence-corrected chi connectivity index (χ0v) is 18.8. The first-order chi connectivity index (χ1) is 15.3. The number of aromatic nitrogens is 3. The summed E-state index contributed by atoms with van der Waals surface area (Å²) in [4.78, 5) is 14.0. The zero-order valence-electron chi connectivity index (χ0n) is 18.0. The lowest BCUT2D eigenvalue weighted by Crippen LogP contribution is -2.30. The Balaban J connectivity index is 1.86. The van der Waals surface area contributed by atoms with Crippen molar-refractivity contribution in [1.82, 2.24) is 19.7 Å². The maximum Gasteiger partial charge on any atom is 0.416 e. The van der Waals surface area contributed by atoms with Crippen molar-refractivity contribution >= 4 is 17.7 Å². The van der Waals surface area contributed by atoms with Crippen molar-refractivity contribution in [3.05, 3.63) is 60.2 Å². The molecule has 3 rings (SSSR count). The van der Waals surface area contributed by atoms with E-state index in [1.54, 1.807) is 15.5 Å². The van der Waals surface area contributed by atoms with E-state index in [1.807, 2.05) is 44.2 Å². The van der Waals surface area contributed by atoms with Crippen LogP contribution in [0.15, 0.2) is 59.8 Å². The Morgan fingerprint density at radius 2 is 1.75 bits per heavy atom. The van der Waals surface area contributed by atoms with Gasteiger partial charge in [-0.3, -0.25) is 9.36 Å². The van der Waals surface area contributed by atoms with Crippen LogP contribution >= 0.6 is 11.8 Å². The highest BCUT2D eigenvalue weighted by molar-refractivity contribution is 7.99. The van der Waals surface area contributed by atoms with Gasteiger partial charge in [-0.1, -0.05) is 48.2 Å². The van der Waals surface area contributed by atoms with E-state index in [-0.39, 0.29) is 5.91 Å². The molecule has 0 atom stereocenters. The van der Waals surface area contributed by atoms with Crippen LogP contribution in [0.1, 0.15) is 32.3 Å². The number of amides is 1. The Labute approximate surface area is 189 Å². The first-order valence-electron chi connectivity index (χ1n) is 10.4. The van der Waals surface area contributed by atoms with Gasteiger partial charge in [0.15, 0.2) is 11.0 Å². The van der Waals surface area contributed by atoms with Crippen molar-refractivity contribution in [3.8, 4) is 17.1 Å². The molecule has 5 nitrogen and oxygen atoms in total. The number of rotatable bonds is 9. The van der Waals surface area contributed by atoms with E-state index in [4.69, 9.17) is 0 Å². The maximum atomic E-state index is 13.3. The van der Waals surface area contributed by atoms with E-state index in [9.17, 15) is 18.0 Å². The molecule has 170 valence electrons. The van der Waals surface area contributed by atoms with Gasteiger partial charge in [0, 0.05) is 30.8 Å². The fourth-order valence-electron chi connectivity index (χ4n) is 3.31. The molecule has 0 aliphatic heterocycles. The Hall–Kier alpha value is -2.81. The average molecular weight is 463 g/mol. The third-order valence-corrected chi connectivity index (χ3v) is 5.99. The molecule has 0 radical (unpaired) electrons. The summed E-state index contributed by atoms with van der Waals surface area (Å²) >= 11 is 1.38. The molecule has 0 saturated heterocycles. The van der Waals surface area contributed by atoms with Gasteiger partial charge in [-0.2, -0.15) is 13.2 Å². The maximum absolute atomic E-state index is 13.3. The molecule has 1 aromatic heterocycles. The van der Waals surface area contributed by atoms with Gasteiger partial charge >= 0.3 is 6.18 Å². The largest absolute Gasteiger partial charge is 0.416 e. The van der Waals surface area contributed by atoms with Gasteiger partial charge in [0.05, 0.1) is 11.3 Å². The number of hydrogen-bond acceptors (Lipinski definition) is 4. The van der Waals surface area contributed by atoms with Crippen molar-refractivity contribution < 1.29 is 18.0 Å². The number of hydrogen-bond donors (Lipinski definition) is 0. The second-order valence-corrected chi connectivity index (χ2v) is 8.14. The van der Waals surface area contributed by atoms with Crippen LogP contribution in [0.3, 0.4) is 0 Å². The fraction of sp³-hybridized carbons (Fsp3) is 0.348. The summed E-state index contributed by atoms with van der Waals surface area (Å²) in [6.07, 6.45) is -3.40. The highest BCUT2D eigenvalue weighted by Crippen LogP contribution is 2.33. The third-order valence-electron chi connectivity index (χ3n) is 4.98. The summed E-state index contributed by atoms with van der Waals surface area (Å²) in [7, 11) is 0. The van der Waals surface area contributed by atoms with Gasteiger partial charge in [0.25, 0.3) is 0 Å². The second kappa shape index (κ2) is 10.7. The molecular formula is C23H25F3N4OS. The summed E-state index contributed by atoms with van der Waals surface area (Å²) in [5.74, 6) is 1.16. The van der Waals surface area contributed by atoms with Crippen LogP contribution in [0.25, 0.3) is 17.1 Å². The van der Waals surface area contributed by atoms with Crippen LogP contribution in [0.5, 0.6) is 0 Å². The molecule has 0 saturated carbocycles. The molecular weight excluding hydrogens is 437 g/mol. The molecule has 1 amide bonds. The standard InChI is InChI=1S/C23H25F3N4OS/c1-3-29(4-2)20(31)14-9-15-32-22-28-27-21(17-10-6-5-7-11-17)30(22)19-13-8-12-18(16-19)23(24,25)26/h5-8,10-13,16H,3-4,9,14-15H2,1-2H3. The van der Waals surface area contributed by atoms with Crippen LogP contribution in [-0.2, 0) is 11.0 Å². The molecule has 2 aromatic carbocycles. The lowest BCUT2D eigenvalue weighted by molar-refractivity contribution is -0.137. The first kappa shape index (κ1) is 23.8.